The second kappa shape index (κ2) is 5.25. The number of nitrogens with one attached hydrogen (secondary N) is 2. The molecular weight excluding hydrogens is 250 g/mol. The number of nitrogens with zero attached hydrogens (tertiary/aromatic N) is 1. The summed E-state index contributed by atoms with van der Waals surface area (Å²) in [6.07, 6.45) is 6.29. The Hall–Kier alpha value is -2.49. The maximum absolute atomic E-state index is 12.0. The number of benzene rings is 1. The molecule has 4 nitrogen and oxygen atoms in total. The number of fused-ring (bicyclic) bond motifs is 1. The summed E-state index contributed by atoms with van der Waals surface area (Å²) in [5.41, 5.74) is 3.21. The van der Waals surface area contributed by atoms with Gasteiger partial charge in [0, 0.05) is 43.1 Å². The van der Waals surface area contributed by atoms with Gasteiger partial charge in [-0.1, -0.05) is 18.2 Å². The lowest BCUT2D eigenvalue weighted by Crippen LogP contribution is -2.24. The van der Waals surface area contributed by atoms with E-state index >= 15 is 0 Å². The molecule has 102 valence electrons. The zero-order valence-corrected chi connectivity index (χ0v) is 11.4. The Kier molecular flexibility index (Phi) is 3.29. The van der Waals surface area contributed by atoms with Crippen molar-refractivity contribution in [2.24, 2.45) is 7.05 Å². The molecular formula is C16H17N3O. The maximum atomic E-state index is 12.0. The van der Waals surface area contributed by atoms with Crippen LogP contribution in [0.3, 0.4) is 0 Å². The Morgan fingerprint density at radius 1 is 1.30 bits per heavy atom. The number of aryl methyl sites for hydroxylation is 1. The van der Waals surface area contributed by atoms with E-state index in [9.17, 15) is 4.79 Å². The number of para-hydroxylation sites is 1. The van der Waals surface area contributed by atoms with E-state index < -0.39 is 0 Å². The number of aromatic amines is 1. The molecule has 3 rings (SSSR count). The minimum Gasteiger partial charge on any atom is -0.361 e. The van der Waals surface area contributed by atoms with Crippen LogP contribution in [0.5, 0.6) is 0 Å². The monoisotopic (exact) mass is 267 g/mol. The predicted molar refractivity (Wildman–Crippen MR) is 79.3 cm³/mol. The summed E-state index contributed by atoms with van der Waals surface area (Å²) in [5.74, 6) is 0.0404. The molecule has 4 heteroatoms. The molecule has 3 aromatic rings. The van der Waals surface area contributed by atoms with Crippen LogP contribution in [0.15, 0.2) is 48.9 Å². The first-order chi connectivity index (χ1) is 9.72. The molecule has 0 spiro atoms. The number of carbonyl (C=O) groups excluding carboxylic acids is 1. The van der Waals surface area contributed by atoms with E-state index in [0.717, 1.165) is 22.0 Å². The third kappa shape index (κ3) is 2.59. The Balaban J connectivity index is 1.64. The van der Waals surface area contributed by atoms with Crippen molar-refractivity contribution in [2.45, 2.75) is 13.0 Å². The summed E-state index contributed by atoms with van der Waals surface area (Å²) < 4.78 is 1.97. The van der Waals surface area contributed by atoms with Crippen LogP contribution in [0.2, 0.25) is 0 Å². The lowest BCUT2D eigenvalue weighted by Gasteiger charge is -2.03. The fraction of sp³-hybridized carbons (Fsp3) is 0.188. The van der Waals surface area contributed by atoms with Gasteiger partial charge in [-0.05, 0) is 23.3 Å². The molecule has 20 heavy (non-hydrogen) atoms. The summed E-state index contributed by atoms with van der Waals surface area (Å²) in [5, 5.41) is 4.06. The molecule has 2 aromatic heterocycles. The highest BCUT2D eigenvalue weighted by Gasteiger charge is 2.08. The number of rotatable bonds is 4. The Morgan fingerprint density at radius 3 is 2.95 bits per heavy atom. The molecule has 0 aliphatic rings. The average Bonchev–Trinajstić information content (AvgIpc) is 3.04. The van der Waals surface area contributed by atoms with Crippen molar-refractivity contribution in [3.8, 4) is 0 Å². The quantitative estimate of drug-likeness (QED) is 0.749. The van der Waals surface area contributed by atoms with Crippen molar-refractivity contribution < 1.29 is 4.79 Å². The number of aromatic nitrogens is 2. The molecule has 1 aromatic carbocycles. The summed E-state index contributed by atoms with van der Waals surface area (Å²) in [6.45, 7) is 0.571. The highest BCUT2D eigenvalue weighted by molar-refractivity contribution is 5.88. The van der Waals surface area contributed by atoms with Crippen molar-refractivity contribution >= 4 is 16.8 Å². The van der Waals surface area contributed by atoms with Gasteiger partial charge < -0.3 is 14.9 Å². The molecule has 0 unspecified atom stereocenters. The van der Waals surface area contributed by atoms with E-state index in [1.54, 1.807) is 0 Å². The topological polar surface area (TPSA) is 49.8 Å². The molecule has 0 saturated carbocycles. The largest absolute Gasteiger partial charge is 0.361 e. The number of amides is 1. The van der Waals surface area contributed by atoms with Crippen molar-refractivity contribution in [2.75, 3.05) is 0 Å². The second-order valence-corrected chi connectivity index (χ2v) is 5.00. The first-order valence-corrected chi connectivity index (χ1v) is 6.65. The van der Waals surface area contributed by atoms with Crippen LogP contribution in [0, 0.1) is 0 Å². The summed E-state index contributed by atoms with van der Waals surface area (Å²) >= 11 is 0. The number of hydrogen-bond acceptors (Lipinski definition) is 1. The molecule has 0 fully saturated rings. The van der Waals surface area contributed by atoms with Crippen molar-refractivity contribution in [3.63, 3.8) is 0 Å². The highest BCUT2D eigenvalue weighted by Crippen LogP contribution is 2.17. The van der Waals surface area contributed by atoms with E-state index in [4.69, 9.17) is 0 Å². The number of hydrogen-bond donors (Lipinski definition) is 2. The van der Waals surface area contributed by atoms with Gasteiger partial charge in [0.2, 0.25) is 5.91 Å². The molecule has 2 N–H and O–H groups in total. The molecule has 0 bridgehead atoms. The number of carbonyl (C=O) groups is 1. The van der Waals surface area contributed by atoms with Crippen molar-refractivity contribution in [1.29, 1.82) is 0 Å². The molecule has 2 heterocycles. The molecule has 0 aliphatic heterocycles. The van der Waals surface area contributed by atoms with Crippen LogP contribution in [-0.4, -0.2) is 15.5 Å². The fourth-order valence-corrected chi connectivity index (χ4v) is 2.38. The van der Waals surface area contributed by atoms with Gasteiger partial charge in [0.05, 0.1) is 6.42 Å². The van der Waals surface area contributed by atoms with Crippen molar-refractivity contribution in [1.82, 2.24) is 14.9 Å². The zero-order chi connectivity index (χ0) is 13.9. The lowest BCUT2D eigenvalue weighted by atomic mass is 10.1. The first-order valence-electron chi connectivity index (χ1n) is 6.65. The molecule has 0 saturated heterocycles. The zero-order valence-electron chi connectivity index (χ0n) is 11.4. The fourth-order valence-electron chi connectivity index (χ4n) is 2.38. The molecule has 0 atom stereocenters. The van der Waals surface area contributed by atoms with E-state index in [0.29, 0.717) is 13.0 Å². The maximum Gasteiger partial charge on any atom is 0.224 e. The van der Waals surface area contributed by atoms with Gasteiger partial charge in [-0.15, -0.1) is 0 Å². The van der Waals surface area contributed by atoms with Gasteiger partial charge in [0.25, 0.3) is 0 Å². The van der Waals surface area contributed by atoms with Crippen LogP contribution >= 0.6 is 0 Å². The summed E-state index contributed by atoms with van der Waals surface area (Å²) in [4.78, 5) is 15.2. The van der Waals surface area contributed by atoms with Crippen molar-refractivity contribution in [3.05, 3.63) is 60.0 Å². The van der Waals surface area contributed by atoms with Gasteiger partial charge in [0.15, 0.2) is 0 Å². The third-order valence-corrected chi connectivity index (χ3v) is 3.41. The third-order valence-electron chi connectivity index (χ3n) is 3.41. The Morgan fingerprint density at radius 2 is 2.15 bits per heavy atom. The lowest BCUT2D eigenvalue weighted by molar-refractivity contribution is -0.120. The van der Waals surface area contributed by atoms with Crippen LogP contribution < -0.4 is 5.32 Å². The van der Waals surface area contributed by atoms with Gasteiger partial charge in [-0.3, -0.25) is 4.79 Å². The average molecular weight is 267 g/mol. The summed E-state index contributed by atoms with van der Waals surface area (Å²) in [7, 11) is 1.97. The molecule has 0 aliphatic carbocycles. The molecule has 1 amide bonds. The number of H-pyrrole nitrogens is 1. The van der Waals surface area contributed by atoms with Gasteiger partial charge in [0.1, 0.15) is 0 Å². The SMILES string of the molecule is Cn1ccc(CNC(=O)Cc2c[nH]c3ccccc23)c1. The van der Waals surface area contributed by atoms with Gasteiger partial charge in [-0.25, -0.2) is 0 Å². The normalized spacial score (nSPS) is 10.8. The van der Waals surface area contributed by atoms with E-state index in [2.05, 4.69) is 10.3 Å². The molecule has 0 radical (unpaired) electrons. The summed E-state index contributed by atoms with van der Waals surface area (Å²) in [6, 6.07) is 10.0. The minimum atomic E-state index is 0.0404. The minimum absolute atomic E-state index is 0.0404. The second-order valence-electron chi connectivity index (χ2n) is 5.00. The Bertz CT molecular complexity index is 739. The predicted octanol–water partition coefficient (Wildman–Crippen LogP) is 2.37. The Labute approximate surface area is 117 Å². The van der Waals surface area contributed by atoms with Crippen LogP contribution in [-0.2, 0) is 24.8 Å². The van der Waals surface area contributed by atoms with Crippen LogP contribution in [0.25, 0.3) is 10.9 Å². The van der Waals surface area contributed by atoms with Crippen LogP contribution in [0.4, 0.5) is 0 Å². The van der Waals surface area contributed by atoms with Gasteiger partial charge >= 0.3 is 0 Å². The van der Waals surface area contributed by atoms with E-state index in [-0.39, 0.29) is 5.91 Å². The van der Waals surface area contributed by atoms with E-state index in [1.807, 2.05) is 60.5 Å². The first kappa shape index (κ1) is 12.5. The highest BCUT2D eigenvalue weighted by atomic mass is 16.1. The van der Waals surface area contributed by atoms with E-state index in [1.165, 1.54) is 0 Å². The van der Waals surface area contributed by atoms with Crippen LogP contribution in [0.1, 0.15) is 11.1 Å². The van der Waals surface area contributed by atoms with Gasteiger partial charge in [-0.2, -0.15) is 0 Å². The smallest absolute Gasteiger partial charge is 0.224 e. The standard InChI is InChI=1S/C16H17N3O/c1-19-7-6-12(11-19)9-18-16(20)8-13-10-17-15-5-3-2-4-14(13)15/h2-7,10-11,17H,8-9H2,1H3,(H,18,20).